The molecule has 148 valence electrons. The van der Waals surface area contributed by atoms with E-state index in [1.54, 1.807) is 29.7 Å². The van der Waals surface area contributed by atoms with Crippen molar-refractivity contribution in [3.8, 4) is 0 Å². The van der Waals surface area contributed by atoms with E-state index in [1.807, 2.05) is 0 Å². The minimum atomic E-state index is -0.130. The van der Waals surface area contributed by atoms with Crippen LogP contribution in [0.3, 0.4) is 0 Å². The molecular formula is C21H27N5O2. The van der Waals surface area contributed by atoms with Gasteiger partial charge < -0.3 is 15.1 Å². The summed E-state index contributed by atoms with van der Waals surface area (Å²) in [5.74, 6) is 1.06. The summed E-state index contributed by atoms with van der Waals surface area (Å²) in [4.78, 5) is 36.7. The van der Waals surface area contributed by atoms with E-state index < -0.39 is 0 Å². The molecule has 1 aliphatic heterocycles. The highest BCUT2D eigenvalue weighted by Crippen LogP contribution is 2.25. The average Bonchev–Trinajstić information content (AvgIpc) is 2.63. The van der Waals surface area contributed by atoms with Crippen LogP contribution in [0, 0.1) is 27.7 Å². The van der Waals surface area contributed by atoms with Gasteiger partial charge in [0.1, 0.15) is 17.3 Å². The van der Waals surface area contributed by atoms with E-state index in [9.17, 15) is 9.59 Å². The van der Waals surface area contributed by atoms with E-state index in [4.69, 9.17) is 0 Å². The zero-order chi connectivity index (χ0) is 20.4. The number of carbonyl (C=O) groups excluding carboxylic acids is 2. The van der Waals surface area contributed by atoms with Crippen molar-refractivity contribution in [1.82, 2.24) is 19.8 Å². The maximum atomic E-state index is 12.9. The number of aromatic nitrogens is 2. The Morgan fingerprint density at radius 3 is 2.04 bits per heavy atom. The molecule has 3 rings (SSSR count). The van der Waals surface area contributed by atoms with Crippen molar-refractivity contribution >= 4 is 23.3 Å². The minimum Gasteiger partial charge on any atom is -0.340 e. The normalized spacial score (nSPS) is 14.2. The van der Waals surface area contributed by atoms with Gasteiger partial charge in [0.2, 0.25) is 5.91 Å². The van der Waals surface area contributed by atoms with E-state index in [0.717, 1.165) is 16.8 Å². The summed E-state index contributed by atoms with van der Waals surface area (Å²) in [6, 6.07) is 5.93. The Hall–Kier alpha value is -2.96. The molecule has 1 saturated heterocycles. The van der Waals surface area contributed by atoms with Crippen LogP contribution < -0.4 is 5.32 Å². The van der Waals surface area contributed by atoms with Gasteiger partial charge >= 0.3 is 0 Å². The third kappa shape index (κ3) is 4.30. The molecule has 0 unspecified atom stereocenters. The first-order valence-electron chi connectivity index (χ1n) is 9.50. The van der Waals surface area contributed by atoms with E-state index in [1.165, 1.54) is 5.56 Å². The number of hydrogen-bond acceptors (Lipinski definition) is 5. The predicted octanol–water partition coefficient (Wildman–Crippen LogP) is 2.76. The lowest BCUT2D eigenvalue weighted by molar-refractivity contribution is -0.130. The van der Waals surface area contributed by atoms with Gasteiger partial charge in [0.05, 0.1) is 0 Å². The smallest absolute Gasteiger partial charge is 0.272 e. The maximum Gasteiger partial charge on any atom is 0.272 e. The Labute approximate surface area is 165 Å². The fraction of sp³-hybridized carbons (Fsp3) is 0.429. The topological polar surface area (TPSA) is 78.4 Å². The molecule has 1 aliphatic rings. The number of piperazine rings is 1. The number of hydrogen-bond donors (Lipinski definition) is 1. The van der Waals surface area contributed by atoms with Crippen molar-refractivity contribution in [3.63, 3.8) is 0 Å². The molecule has 0 aliphatic carbocycles. The maximum absolute atomic E-state index is 12.9. The van der Waals surface area contributed by atoms with Gasteiger partial charge in [-0.1, -0.05) is 17.7 Å². The highest BCUT2D eigenvalue weighted by Gasteiger charge is 2.24. The molecule has 2 amide bonds. The van der Waals surface area contributed by atoms with Gasteiger partial charge in [0, 0.05) is 44.9 Å². The Morgan fingerprint density at radius 1 is 0.893 bits per heavy atom. The molecule has 28 heavy (non-hydrogen) atoms. The Balaban J connectivity index is 1.80. The monoisotopic (exact) mass is 381 g/mol. The number of aryl methyl sites for hydroxylation is 4. The van der Waals surface area contributed by atoms with Crippen LogP contribution >= 0.6 is 0 Å². The van der Waals surface area contributed by atoms with E-state index in [0.29, 0.717) is 43.5 Å². The second-order valence-electron chi connectivity index (χ2n) is 7.38. The summed E-state index contributed by atoms with van der Waals surface area (Å²) < 4.78 is 0. The zero-order valence-electron chi connectivity index (χ0n) is 17.2. The molecule has 0 bridgehead atoms. The first-order chi connectivity index (χ1) is 13.2. The van der Waals surface area contributed by atoms with Crippen LogP contribution in [-0.4, -0.2) is 57.8 Å². The van der Waals surface area contributed by atoms with Gasteiger partial charge in [-0.2, -0.15) is 0 Å². The third-order valence-corrected chi connectivity index (χ3v) is 5.00. The summed E-state index contributed by atoms with van der Waals surface area (Å²) >= 11 is 0. The molecular weight excluding hydrogens is 354 g/mol. The van der Waals surface area contributed by atoms with Gasteiger partial charge in [0.15, 0.2) is 0 Å². The van der Waals surface area contributed by atoms with Crippen molar-refractivity contribution in [2.24, 2.45) is 0 Å². The lowest BCUT2D eigenvalue weighted by Gasteiger charge is -2.34. The minimum absolute atomic E-state index is 0.0419. The number of anilines is 2. The van der Waals surface area contributed by atoms with Crippen LogP contribution in [0.4, 0.5) is 11.5 Å². The molecule has 1 N–H and O–H groups in total. The van der Waals surface area contributed by atoms with Crippen LogP contribution in [0.1, 0.15) is 39.9 Å². The number of benzene rings is 1. The number of nitrogens with zero attached hydrogens (tertiary/aromatic N) is 4. The number of carbonyl (C=O) groups is 2. The van der Waals surface area contributed by atoms with Crippen molar-refractivity contribution in [2.45, 2.75) is 34.6 Å². The summed E-state index contributed by atoms with van der Waals surface area (Å²) in [6.07, 6.45) is 0. The summed E-state index contributed by atoms with van der Waals surface area (Å²) in [5, 5.41) is 3.35. The zero-order valence-corrected chi connectivity index (χ0v) is 17.2. The van der Waals surface area contributed by atoms with Crippen LogP contribution in [-0.2, 0) is 4.79 Å². The molecule has 2 aromatic rings. The summed E-state index contributed by atoms with van der Waals surface area (Å²) in [5.41, 5.74) is 4.83. The van der Waals surface area contributed by atoms with Crippen molar-refractivity contribution in [3.05, 3.63) is 46.4 Å². The molecule has 7 nitrogen and oxygen atoms in total. The van der Waals surface area contributed by atoms with Gasteiger partial charge in [-0.3, -0.25) is 9.59 Å². The highest BCUT2D eigenvalue weighted by atomic mass is 16.2. The molecule has 1 aromatic heterocycles. The average molecular weight is 381 g/mol. The van der Waals surface area contributed by atoms with E-state index in [-0.39, 0.29) is 11.8 Å². The van der Waals surface area contributed by atoms with E-state index >= 15 is 0 Å². The van der Waals surface area contributed by atoms with Crippen LogP contribution in [0.5, 0.6) is 0 Å². The van der Waals surface area contributed by atoms with Crippen molar-refractivity contribution < 1.29 is 9.59 Å². The summed E-state index contributed by atoms with van der Waals surface area (Å²) in [7, 11) is 0. The van der Waals surface area contributed by atoms with Crippen LogP contribution in [0.15, 0.2) is 18.2 Å². The lowest BCUT2D eigenvalue weighted by atomic mass is 10.1. The number of nitrogens with one attached hydrogen (secondary N) is 1. The molecule has 0 spiro atoms. The standard InChI is InChI=1S/C21H27N5O2/c1-13-10-14(2)20(15(3)11-13)24-19-12-18(22-16(4)23-19)21(28)26-8-6-25(7-9-26)17(5)27/h10-12H,6-9H2,1-5H3,(H,22,23,24). The molecule has 0 radical (unpaired) electrons. The molecule has 0 saturated carbocycles. The molecule has 2 heterocycles. The van der Waals surface area contributed by atoms with Gasteiger partial charge in [-0.05, 0) is 38.8 Å². The van der Waals surface area contributed by atoms with Gasteiger partial charge in [0.25, 0.3) is 5.91 Å². The van der Waals surface area contributed by atoms with Crippen molar-refractivity contribution in [2.75, 3.05) is 31.5 Å². The first-order valence-corrected chi connectivity index (χ1v) is 9.50. The third-order valence-electron chi connectivity index (χ3n) is 5.00. The Bertz CT molecular complexity index is 894. The second-order valence-corrected chi connectivity index (χ2v) is 7.38. The second kappa shape index (κ2) is 7.96. The lowest BCUT2D eigenvalue weighted by Crippen LogP contribution is -2.50. The van der Waals surface area contributed by atoms with Gasteiger partial charge in [-0.25, -0.2) is 9.97 Å². The molecule has 1 fully saturated rings. The van der Waals surface area contributed by atoms with Gasteiger partial charge in [-0.15, -0.1) is 0 Å². The number of amides is 2. The SMILES string of the molecule is CC(=O)N1CCN(C(=O)c2cc(Nc3c(C)cc(C)cc3C)nc(C)n2)CC1. The van der Waals surface area contributed by atoms with E-state index in [2.05, 4.69) is 48.2 Å². The Morgan fingerprint density at radius 2 is 1.46 bits per heavy atom. The van der Waals surface area contributed by atoms with Crippen LogP contribution in [0.25, 0.3) is 0 Å². The van der Waals surface area contributed by atoms with Crippen LogP contribution in [0.2, 0.25) is 0 Å². The van der Waals surface area contributed by atoms with Crippen molar-refractivity contribution in [1.29, 1.82) is 0 Å². The highest BCUT2D eigenvalue weighted by molar-refractivity contribution is 5.93. The fourth-order valence-electron chi connectivity index (χ4n) is 3.63. The summed E-state index contributed by atoms with van der Waals surface area (Å²) in [6.45, 7) is 11.6. The Kier molecular flexibility index (Phi) is 5.63. The quantitative estimate of drug-likeness (QED) is 0.884. The predicted molar refractivity (Wildman–Crippen MR) is 109 cm³/mol. The number of rotatable bonds is 3. The molecule has 1 aromatic carbocycles. The molecule has 7 heteroatoms. The largest absolute Gasteiger partial charge is 0.340 e. The first kappa shape index (κ1) is 19.8. The molecule has 0 atom stereocenters. The fourth-order valence-corrected chi connectivity index (χ4v) is 3.63.